The molecule has 6 rings (SSSR count). The van der Waals surface area contributed by atoms with E-state index in [1.807, 2.05) is 0 Å². The molecule has 2 fully saturated rings. The van der Waals surface area contributed by atoms with E-state index in [1.165, 1.54) is 12.4 Å². The van der Waals surface area contributed by atoms with E-state index in [9.17, 15) is 42.4 Å². The van der Waals surface area contributed by atoms with Crippen LogP contribution in [0.25, 0.3) is 11.4 Å². The second kappa shape index (κ2) is 16.5. The van der Waals surface area contributed by atoms with Crippen molar-refractivity contribution in [3.8, 4) is 11.4 Å². The lowest BCUT2D eigenvalue weighted by Crippen LogP contribution is -2.58. The third-order valence-corrected chi connectivity index (χ3v) is 9.13. The van der Waals surface area contributed by atoms with Crippen molar-refractivity contribution in [1.82, 2.24) is 29.7 Å². The van der Waals surface area contributed by atoms with Crippen LogP contribution in [0.4, 0.5) is 28.9 Å². The predicted octanol–water partition coefficient (Wildman–Crippen LogP) is 1.69. The molecule has 2 aliphatic rings. The first-order valence-corrected chi connectivity index (χ1v) is 16.4. The first-order valence-electron chi connectivity index (χ1n) is 15.7. The summed E-state index contributed by atoms with van der Waals surface area (Å²) in [5.41, 5.74) is -0.842. The summed E-state index contributed by atoms with van der Waals surface area (Å²) < 4.78 is 55.2. The number of hydrogen-bond acceptors (Lipinski definition) is 11. The van der Waals surface area contributed by atoms with E-state index in [-0.39, 0.29) is 40.7 Å². The molecular weight excluding hydrogens is 722 g/mol. The molecule has 0 radical (unpaired) electrons. The Labute approximate surface area is 299 Å². The average Bonchev–Trinajstić information content (AvgIpc) is 3.09. The lowest BCUT2D eigenvalue weighted by molar-refractivity contribution is 0.208. The number of aliphatic hydroxyl groups excluding tert-OH is 2. The van der Waals surface area contributed by atoms with Gasteiger partial charge >= 0.3 is 7.05 Å². The number of aromatic nitrogens is 4. The molecule has 0 amide bonds. The van der Waals surface area contributed by atoms with Gasteiger partial charge in [0, 0.05) is 51.4 Å². The Morgan fingerprint density at radius 2 is 1.22 bits per heavy atom. The van der Waals surface area contributed by atoms with Crippen molar-refractivity contribution in [2.75, 3.05) is 62.3 Å². The predicted molar refractivity (Wildman–Crippen MR) is 184 cm³/mol. The zero-order valence-corrected chi connectivity index (χ0v) is 28.6. The zero-order valence-electron chi connectivity index (χ0n) is 27.1. The van der Waals surface area contributed by atoms with E-state index < -0.39 is 47.5 Å². The summed E-state index contributed by atoms with van der Waals surface area (Å²) in [5.74, 6) is -3.32. The van der Waals surface area contributed by atoms with E-state index in [2.05, 4.69) is 15.5 Å². The number of rotatable bonds is 7. The summed E-state index contributed by atoms with van der Waals surface area (Å²) in [6.07, 6.45) is 2.69. The summed E-state index contributed by atoms with van der Waals surface area (Å²) in [6, 6.07) is 4.71. The van der Waals surface area contributed by atoms with Crippen LogP contribution in [0.5, 0.6) is 0 Å². The maximum Gasteiger partial charge on any atom is 0.376 e. The Morgan fingerprint density at radius 1 is 0.765 bits per heavy atom. The van der Waals surface area contributed by atoms with Crippen LogP contribution in [0.2, 0.25) is 16.9 Å². The van der Waals surface area contributed by atoms with Gasteiger partial charge in [-0.05, 0) is 31.1 Å². The summed E-state index contributed by atoms with van der Waals surface area (Å²) in [4.78, 5) is 30.4. The summed E-state index contributed by atoms with van der Waals surface area (Å²) in [5, 5.41) is 39.7. The SMILES string of the molecule is CB(O)N1CCN(c2cnn(-c3cc(F)cc(F)c3)c(=O)c2Cl)C(CO)C1.O=c1c(Cl)c(N2CCNCC2CO)cnn1-c1cc(F)cc(F)c1. The van der Waals surface area contributed by atoms with Crippen molar-refractivity contribution in [3.63, 3.8) is 0 Å². The lowest BCUT2D eigenvalue weighted by Gasteiger charge is -2.42. The van der Waals surface area contributed by atoms with Crippen molar-refractivity contribution in [1.29, 1.82) is 0 Å². The van der Waals surface area contributed by atoms with Gasteiger partial charge in [-0.1, -0.05) is 23.2 Å². The van der Waals surface area contributed by atoms with Crippen LogP contribution >= 0.6 is 23.2 Å². The first-order chi connectivity index (χ1) is 24.3. The molecular formula is C31H33BCl2F4N8O5. The van der Waals surface area contributed by atoms with Crippen LogP contribution in [0, 0.1) is 23.3 Å². The van der Waals surface area contributed by atoms with Crippen molar-refractivity contribution in [3.05, 3.63) is 103 Å². The minimum atomic E-state index is -0.839. The van der Waals surface area contributed by atoms with Gasteiger partial charge in [-0.25, -0.2) is 17.6 Å². The Kier molecular flexibility index (Phi) is 12.4. The molecule has 20 heteroatoms. The van der Waals surface area contributed by atoms with Gasteiger partial charge in [0.15, 0.2) is 0 Å². The van der Waals surface area contributed by atoms with Gasteiger partial charge in [-0.3, -0.25) is 9.59 Å². The van der Waals surface area contributed by atoms with Gasteiger partial charge in [0.1, 0.15) is 33.3 Å². The first kappa shape index (κ1) is 38.2. The molecule has 0 saturated carbocycles. The Hall–Kier alpha value is -4.04. The molecule has 4 N–H and O–H groups in total. The number of piperazine rings is 2. The number of aliphatic hydroxyl groups is 2. The second-order valence-corrected chi connectivity index (χ2v) is 12.5. The van der Waals surface area contributed by atoms with Gasteiger partial charge in [0.25, 0.3) is 11.1 Å². The minimum absolute atomic E-state index is 0.0510. The highest BCUT2D eigenvalue weighted by Gasteiger charge is 2.32. The fraction of sp³-hybridized carbons (Fsp3) is 0.355. The number of halogens is 6. The fourth-order valence-electron chi connectivity index (χ4n) is 5.87. The summed E-state index contributed by atoms with van der Waals surface area (Å²) in [6.45, 7) is 4.37. The van der Waals surface area contributed by atoms with Crippen molar-refractivity contribution >= 4 is 41.6 Å². The highest BCUT2D eigenvalue weighted by Crippen LogP contribution is 2.27. The minimum Gasteiger partial charge on any atom is -0.437 e. The van der Waals surface area contributed by atoms with Gasteiger partial charge in [-0.2, -0.15) is 19.6 Å². The summed E-state index contributed by atoms with van der Waals surface area (Å²) >= 11 is 12.4. The van der Waals surface area contributed by atoms with Gasteiger partial charge in [-0.15, -0.1) is 0 Å². The fourth-order valence-corrected chi connectivity index (χ4v) is 6.35. The smallest absolute Gasteiger partial charge is 0.376 e. The molecule has 2 aromatic carbocycles. The molecule has 4 aromatic rings. The Balaban J connectivity index is 0.000000199. The number of anilines is 2. The Bertz CT molecular complexity index is 1950. The molecule has 272 valence electrons. The third kappa shape index (κ3) is 8.55. The van der Waals surface area contributed by atoms with E-state index in [4.69, 9.17) is 23.2 Å². The second-order valence-electron chi connectivity index (χ2n) is 11.8. The third-order valence-electron chi connectivity index (χ3n) is 8.42. The topological polar surface area (TPSA) is 152 Å². The van der Waals surface area contributed by atoms with Crippen LogP contribution in [0.1, 0.15) is 0 Å². The van der Waals surface area contributed by atoms with Crippen molar-refractivity contribution in [2.24, 2.45) is 0 Å². The van der Waals surface area contributed by atoms with E-state index in [1.54, 1.807) is 21.4 Å². The van der Waals surface area contributed by atoms with Crippen LogP contribution in [-0.2, 0) is 0 Å². The molecule has 51 heavy (non-hydrogen) atoms. The van der Waals surface area contributed by atoms with Gasteiger partial charge in [0.05, 0.1) is 60.4 Å². The molecule has 2 unspecified atom stereocenters. The number of hydrogen-bond donors (Lipinski definition) is 4. The lowest BCUT2D eigenvalue weighted by atomic mass is 9.83. The highest BCUT2D eigenvalue weighted by atomic mass is 35.5. The molecule has 0 aliphatic carbocycles. The molecule has 2 saturated heterocycles. The normalized spacial score (nSPS) is 18.0. The molecule has 0 bridgehead atoms. The molecule has 2 aromatic heterocycles. The van der Waals surface area contributed by atoms with Gasteiger partial charge < -0.3 is 35.2 Å². The average molecular weight is 755 g/mol. The highest BCUT2D eigenvalue weighted by molar-refractivity contribution is 6.45. The molecule has 2 aliphatic heterocycles. The maximum atomic E-state index is 13.4. The van der Waals surface area contributed by atoms with Crippen molar-refractivity contribution < 1.29 is 32.8 Å². The molecule has 2 atom stereocenters. The van der Waals surface area contributed by atoms with E-state index >= 15 is 0 Å². The largest absolute Gasteiger partial charge is 0.437 e. The van der Waals surface area contributed by atoms with E-state index in [0.29, 0.717) is 62.8 Å². The quantitative estimate of drug-likeness (QED) is 0.161. The van der Waals surface area contributed by atoms with Crippen molar-refractivity contribution in [2.45, 2.75) is 18.9 Å². The van der Waals surface area contributed by atoms with Crippen LogP contribution in [-0.4, -0.2) is 111 Å². The van der Waals surface area contributed by atoms with Crippen LogP contribution < -0.4 is 26.2 Å². The van der Waals surface area contributed by atoms with Gasteiger partial charge in [0.2, 0.25) is 0 Å². The maximum absolute atomic E-state index is 13.4. The number of nitrogens with one attached hydrogen (secondary N) is 1. The van der Waals surface area contributed by atoms with Crippen LogP contribution in [0.3, 0.4) is 0 Å². The Morgan fingerprint density at radius 3 is 1.65 bits per heavy atom. The van der Waals surface area contributed by atoms with Crippen LogP contribution in [0.15, 0.2) is 58.4 Å². The number of nitrogens with zero attached hydrogens (tertiary/aromatic N) is 7. The monoisotopic (exact) mass is 754 g/mol. The summed E-state index contributed by atoms with van der Waals surface area (Å²) in [7, 11) is -0.661. The zero-order chi connectivity index (χ0) is 37.0. The standard InChI is InChI=1S/C16H18BClF2N4O3.C15H15ClF2N4O2/c1-17(27)22-2-3-23(13(8-22)9-25)14-7-21-24(16(26)15(14)18)12-5-10(19)4-11(20)6-12;16-14-13(21-2-1-19-6-12(21)8-23)7-20-22(15(14)24)11-4-9(17)3-10(18)5-11/h4-7,13,25,27H,2-3,8-9H2,1H3;3-5,7,12,19,23H,1-2,6,8H2. The van der Waals surface area contributed by atoms with E-state index in [0.717, 1.165) is 33.6 Å². The molecule has 13 nitrogen and oxygen atoms in total. The molecule has 4 heterocycles. The number of benzene rings is 2. The molecule has 0 spiro atoms.